The summed E-state index contributed by atoms with van der Waals surface area (Å²) in [5.74, 6) is -2.28. The quantitative estimate of drug-likeness (QED) is 0.389. The van der Waals surface area contributed by atoms with E-state index < -0.39 is 32.3 Å². The SMILES string of the molecule is O=C(O)c1cc2ccccc2c(N=Nc2ccc3ccccc3c2S(=O)(=O)[O-])c1[O-]. The van der Waals surface area contributed by atoms with Gasteiger partial charge < -0.3 is 14.8 Å². The first-order valence-electron chi connectivity index (χ1n) is 8.63. The number of hydrogen-bond acceptors (Lipinski definition) is 7. The van der Waals surface area contributed by atoms with Crippen LogP contribution in [0.15, 0.2) is 81.9 Å². The molecule has 0 aliphatic rings. The third-order valence-corrected chi connectivity index (χ3v) is 5.50. The molecule has 0 aliphatic heterocycles. The van der Waals surface area contributed by atoms with Gasteiger partial charge in [-0.3, -0.25) is 0 Å². The maximum absolute atomic E-state index is 12.6. The van der Waals surface area contributed by atoms with Crippen molar-refractivity contribution >= 4 is 49.0 Å². The molecule has 0 amide bonds. The Balaban J connectivity index is 1.98. The molecule has 8 nitrogen and oxygen atoms in total. The van der Waals surface area contributed by atoms with Crippen LogP contribution in [0.2, 0.25) is 0 Å². The fourth-order valence-electron chi connectivity index (χ4n) is 3.24. The van der Waals surface area contributed by atoms with E-state index in [4.69, 9.17) is 0 Å². The van der Waals surface area contributed by atoms with Gasteiger partial charge in [0.05, 0.1) is 16.1 Å². The third kappa shape index (κ3) is 3.36. The highest BCUT2D eigenvalue weighted by molar-refractivity contribution is 7.86. The molecule has 0 aliphatic carbocycles. The van der Waals surface area contributed by atoms with Crippen molar-refractivity contribution in [2.75, 3.05) is 0 Å². The predicted octanol–water partition coefficient (Wildman–Crippen LogP) is 4.08. The molecular weight excluding hydrogens is 408 g/mol. The molecule has 0 spiro atoms. The maximum atomic E-state index is 12.6. The number of fused-ring (bicyclic) bond motifs is 2. The van der Waals surface area contributed by atoms with Gasteiger partial charge in [-0.2, -0.15) is 5.11 Å². The Morgan fingerprint density at radius 2 is 1.50 bits per heavy atom. The van der Waals surface area contributed by atoms with E-state index >= 15 is 0 Å². The molecule has 4 aromatic carbocycles. The summed E-state index contributed by atoms with van der Waals surface area (Å²) in [6.07, 6.45) is 0. The number of benzene rings is 4. The second-order valence-electron chi connectivity index (χ2n) is 6.42. The molecule has 4 rings (SSSR count). The average Bonchev–Trinajstić information content (AvgIpc) is 2.71. The first-order chi connectivity index (χ1) is 14.3. The summed E-state index contributed by atoms with van der Waals surface area (Å²) >= 11 is 0. The fraction of sp³-hybridized carbons (Fsp3) is 0. The van der Waals surface area contributed by atoms with Crippen LogP contribution in [0.1, 0.15) is 10.4 Å². The van der Waals surface area contributed by atoms with Crippen molar-refractivity contribution in [3.05, 3.63) is 72.3 Å². The van der Waals surface area contributed by atoms with Gasteiger partial charge in [-0.25, -0.2) is 13.2 Å². The Morgan fingerprint density at radius 3 is 2.17 bits per heavy atom. The summed E-state index contributed by atoms with van der Waals surface area (Å²) in [7, 11) is -4.91. The minimum absolute atomic E-state index is 0.176. The smallest absolute Gasteiger partial charge is 0.335 e. The Kier molecular flexibility index (Phi) is 4.69. The number of hydrogen-bond donors (Lipinski definition) is 1. The number of aromatic carboxylic acids is 1. The first-order valence-corrected chi connectivity index (χ1v) is 10.0. The molecule has 0 saturated heterocycles. The maximum Gasteiger partial charge on any atom is 0.335 e. The molecule has 0 saturated carbocycles. The molecule has 9 heteroatoms. The van der Waals surface area contributed by atoms with Gasteiger partial charge >= 0.3 is 5.97 Å². The Hall–Kier alpha value is -3.82. The monoisotopic (exact) mass is 420 g/mol. The Bertz CT molecular complexity index is 1460. The number of carboxylic acids is 1. The highest BCUT2D eigenvalue weighted by Crippen LogP contribution is 2.39. The average molecular weight is 420 g/mol. The second-order valence-corrected chi connectivity index (χ2v) is 7.73. The van der Waals surface area contributed by atoms with Crippen LogP contribution in [0.4, 0.5) is 11.4 Å². The predicted molar refractivity (Wildman–Crippen MR) is 106 cm³/mol. The normalized spacial score (nSPS) is 12.0. The standard InChI is InChI=1S/C21H14N2O6S/c24-19-16(21(25)26)11-13-6-2-3-7-14(13)18(19)23-22-17-10-9-12-5-1-4-8-15(12)20(17)30(27,28)29/h1-11,24H,(H,25,26)(H,27,28,29)/p-2. The van der Waals surface area contributed by atoms with Crippen molar-refractivity contribution < 1.29 is 28.0 Å². The van der Waals surface area contributed by atoms with Gasteiger partial charge in [-0.1, -0.05) is 60.3 Å². The summed E-state index contributed by atoms with van der Waals surface area (Å²) in [4.78, 5) is 10.9. The molecule has 0 aromatic heterocycles. The molecule has 1 N–H and O–H groups in total. The van der Waals surface area contributed by atoms with E-state index in [1.807, 2.05) is 0 Å². The van der Waals surface area contributed by atoms with Gasteiger partial charge in [0.1, 0.15) is 15.8 Å². The third-order valence-electron chi connectivity index (χ3n) is 4.57. The van der Waals surface area contributed by atoms with Crippen LogP contribution in [0.5, 0.6) is 5.75 Å². The number of rotatable bonds is 4. The lowest BCUT2D eigenvalue weighted by Gasteiger charge is -2.16. The molecule has 0 fully saturated rings. The van der Waals surface area contributed by atoms with E-state index in [9.17, 15) is 28.0 Å². The molecule has 0 unspecified atom stereocenters. The van der Waals surface area contributed by atoms with Crippen LogP contribution in [0.25, 0.3) is 21.5 Å². The van der Waals surface area contributed by atoms with Crippen molar-refractivity contribution in [1.82, 2.24) is 0 Å². The van der Waals surface area contributed by atoms with Crippen molar-refractivity contribution in [3.63, 3.8) is 0 Å². The van der Waals surface area contributed by atoms with Gasteiger partial charge in [-0.05, 0) is 22.9 Å². The van der Waals surface area contributed by atoms with E-state index in [-0.39, 0.29) is 16.8 Å². The van der Waals surface area contributed by atoms with Gasteiger partial charge in [0, 0.05) is 10.8 Å². The van der Waals surface area contributed by atoms with Gasteiger partial charge in [-0.15, -0.1) is 5.11 Å². The van der Waals surface area contributed by atoms with Crippen LogP contribution >= 0.6 is 0 Å². The number of carbonyl (C=O) groups is 1. The van der Waals surface area contributed by atoms with E-state index in [2.05, 4.69) is 10.2 Å². The molecule has 0 atom stereocenters. The summed E-state index contributed by atoms with van der Waals surface area (Å²) in [5.41, 5.74) is -0.987. The van der Waals surface area contributed by atoms with Gasteiger partial charge in [0.2, 0.25) is 0 Å². The molecule has 0 heterocycles. The lowest BCUT2D eigenvalue weighted by atomic mass is 10.0. The molecule has 0 bridgehead atoms. The number of azo groups is 1. The first kappa shape index (κ1) is 19.5. The molecular formula is C21H12N2O6S-2. The van der Waals surface area contributed by atoms with Crippen LogP contribution in [-0.4, -0.2) is 24.0 Å². The summed E-state index contributed by atoms with van der Waals surface area (Å²) in [6.45, 7) is 0. The Labute approximate surface area is 170 Å². The van der Waals surface area contributed by atoms with Crippen LogP contribution < -0.4 is 5.11 Å². The minimum atomic E-state index is -4.91. The van der Waals surface area contributed by atoms with E-state index in [0.717, 1.165) is 0 Å². The Morgan fingerprint density at radius 1 is 0.867 bits per heavy atom. The van der Waals surface area contributed by atoms with Gasteiger partial charge in [0.25, 0.3) is 0 Å². The topological polar surface area (TPSA) is 142 Å². The van der Waals surface area contributed by atoms with Gasteiger partial charge in [0.15, 0.2) is 0 Å². The largest absolute Gasteiger partial charge is 0.870 e. The molecule has 0 radical (unpaired) electrons. The van der Waals surface area contributed by atoms with Crippen molar-refractivity contribution in [2.24, 2.45) is 10.2 Å². The van der Waals surface area contributed by atoms with Crippen LogP contribution in [-0.2, 0) is 10.1 Å². The van der Waals surface area contributed by atoms with E-state index in [1.165, 1.54) is 18.2 Å². The molecule has 150 valence electrons. The summed E-state index contributed by atoms with van der Waals surface area (Å²) < 4.78 is 35.7. The second kappa shape index (κ2) is 7.21. The van der Waals surface area contributed by atoms with Crippen LogP contribution in [0.3, 0.4) is 0 Å². The van der Waals surface area contributed by atoms with Crippen molar-refractivity contribution in [2.45, 2.75) is 4.90 Å². The summed E-state index contributed by atoms with van der Waals surface area (Å²) in [5, 5.41) is 31.2. The number of nitrogens with zero attached hydrogens (tertiary/aromatic N) is 2. The highest BCUT2D eigenvalue weighted by atomic mass is 32.2. The summed E-state index contributed by atoms with van der Waals surface area (Å²) in [6, 6.07) is 17.0. The van der Waals surface area contributed by atoms with Crippen molar-refractivity contribution in [3.8, 4) is 5.75 Å². The zero-order chi connectivity index (χ0) is 21.5. The zero-order valence-electron chi connectivity index (χ0n) is 15.1. The fourth-order valence-corrected chi connectivity index (χ4v) is 4.06. The zero-order valence-corrected chi connectivity index (χ0v) is 16.0. The van der Waals surface area contributed by atoms with Crippen molar-refractivity contribution in [1.29, 1.82) is 0 Å². The minimum Gasteiger partial charge on any atom is -0.870 e. The lowest BCUT2D eigenvalue weighted by Crippen LogP contribution is -2.04. The lowest BCUT2D eigenvalue weighted by molar-refractivity contribution is -0.267. The molecule has 4 aromatic rings. The van der Waals surface area contributed by atoms with E-state index in [0.29, 0.717) is 16.2 Å². The number of carboxylic acid groups (broad SMARTS) is 1. The van der Waals surface area contributed by atoms with E-state index in [1.54, 1.807) is 48.5 Å². The molecule has 30 heavy (non-hydrogen) atoms. The highest BCUT2D eigenvalue weighted by Gasteiger charge is 2.15. The van der Waals surface area contributed by atoms with Crippen LogP contribution in [0, 0.1) is 0 Å².